The molecule has 0 aromatic carbocycles. The monoisotopic (exact) mass is 316 g/mol. The fraction of sp³-hybridized carbons (Fsp3) is 0.529. The highest BCUT2D eigenvalue weighted by Gasteiger charge is 2.39. The third-order valence-corrected chi connectivity index (χ3v) is 6.12. The van der Waals surface area contributed by atoms with Crippen molar-refractivity contribution >= 4 is 17.2 Å². The van der Waals surface area contributed by atoms with Crippen LogP contribution in [0.1, 0.15) is 40.4 Å². The SMILES string of the molecule is Cc1ccc(-c2nc(C)c(C(=O)N3C[C@@H]4CCC[C@H]4C3)s2)o1. The quantitative estimate of drug-likeness (QED) is 0.844. The number of nitrogens with zero attached hydrogens (tertiary/aromatic N) is 2. The molecule has 116 valence electrons. The number of aryl methyl sites for hydroxylation is 2. The molecule has 1 saturated heterocycles. The van der Waals surface area contributed by atoms with Crippen molar-refractivity contribution < 1.29 is 9.21 Å². The number of hydrogen-bond donors (Lipinski definition) is 0. The first-order valence-corrected chi connectivity index (χ1v) is 8.77. The lowest BCUT2D eigenvalue weighted by molar-refractivity contribution is 0.0784. The van der Waals surface area contributed by atoms with Gasteiger partial charge in [0.15, 0.2) is 10.8 Å². The highest BCUT2D eigenvalue weighted by Crippen LogP contribution is 2.39. The number of thiazole rings is 1. The van der Waals surface area contributed by atoms with E-state index < -0.39 is 0 Å². The minimum atomic E-state index is 0.152. The third kappa shape index (κ3) is 2.28. The zero-order valence-electron chi connectivity index (χ0n) is 13.0. The Morgan fingerprint density at radius 3 is 2.64 bits per heavy atom. The minimum absolute atomic E-state index is 0.152. The van der Waals surface area contributed by atoms with Crippen molar-refractivity contribution in [3.05, 3.63) is 28.5 Å². The van der Waals surface area contributed by atoms with Gasteiger partial charge in [0.1, 0.15) is 10.6 Å². The minimum Gasteiger partial charge on any atom is -0.459 e. The first-order valence-electron chi connectivity index (χ1n) is 7.95. The lowest BCUT2D eigenvalue weighted by Gasteiger charge is -2.16. The fourth-order valence-electron chi connectivity index (χ4n) is 3.79. The smallest absolute Gasteiger partial charge is 0.265 e. The number of carbonyl (C=O) groups excluding carboxylic acids is 1. The summed E-state index contributed by atoms with van der Waals surface area (Å²) in [6, 6.07) is 3.84. The molecule has 0 bridgehead atoms. The van der Waals surface area contributed by atoms with Crippen molar-refractivity contribution in [1.29, 1.82) is 0 Å². The van der Waals surface area contributed by atoms with E-state index >= 15 is 0 Å². The summed E-state index contributed by atoms with van der Waals surface area (Å²) in [5.41, 5.74) is 0.816. The van der Waals surface area contributed by atoms with Crippen molar-refractivity contribution in [2.24, 2.45) is 11.8 Å². The molecular weight excluding hydrogens is 296 g/mol. The van der Waals surface area contributed by atoms with Crippen LogP contribution in [0.15, 0.2) is 16.5 Å². The number of likely N-dealkylation sites (tertiary alicyclic amines) is 1. The van der Waals surface area contributed by atoms with Crippen LogP contribution in [0.2, 0.25) is 0 Å². The van der Waals surface area contributed by atoms with Crippen LogP contribution in [-0.4, -0.2) is 28.9 Å². The van der Waals surface area contributed by atoms with E-state index in [0.29, 0.717) is 0 Å². The van der Waals surface area contributed by atoms with E-state index in [1.165, 1.54) is 30.6 Å². The number of rotatable bonds is 2. The molecule has 22 heavy (non-hydrogen) atoms. The summed E-state index contributed by atoms with van der Waals surface area (Å²) < 4.78 is 5.63. The fourth-order valence-corrected chi connectivity index (χ4v) is 4.79. The van der Waals surface area contributed by atoms with E-state index in [1.807, 2.05) is 30.9 Å². The molecule has 0 spiro atoms. The van der Waals surface area contributed by atoms with Crippen molar-refractivity contribution in [3.63, 3.8) is 0 Å². The van der Waals surface area contributed by atoms with Crippen LogP contribution < -0.4 is 0 Å². The molecule has 0 unspecified atom stereocenters. The highest BCUT2D eigenvalue weighted by molar-refractivity contribution is 7.17. The number of amides is 1. The van der Waals surface area contributed by atoms with Gasteiger partial charge in [-0.3, -0.25) is 4.79 Å². The predicted molar refractivity (Wildman–Crippen MR) is 86.0 cm³/mol. The second-order valence-corrected chi connectivity index (χ2v) is 7.50. The maximum atomic E-state index is 12.8. The molecule has 5 heteroatoms. The summed E-state index contributed by atoms with van der Waals surface area (Å²) >= 11 is 1.45. The molecule has 1 amide bonds. The molecule has 1 aliphatic carbocycles. The van der Waals surface area contributed by atoms with E-state index in [9.17, 15) is 4.79 Å². The van der Waals surface area contributed by atoms with Gasteiger partial charge in [0.05, 0.1) is 5.69 Å². The van der Waals surface area contributed by atoms with Crippen molar-refractivity contribution in [2.45, 2.75) is 33.1 Å². The molecule has 2 aromatic heterocycles. The van der Waals surface area contributed by atoms with Crippen molar-refractivity contribution in [3.8, 4) is 10.8 Å². The first-order chi connectivity index (χ1) is 10.6. The number of aromatic nitrogens is 1. The summed E-state index contributed by atoms with van der Waals surface area (Å²) in [5, 5.41) is 0.799. The van der Waals surface area contributed by atoms with Gasteiger partial charge in [-0.1, -0.05) is 6.42 Å². The topological polar surface area (TPSA) is 46.3 Å². The Morgan fingerprint density at radius 2 is 2.00 bits per heavy atom. The van der Waals surface area contributed by atoms with Gasteiger partial charge in [0, 0.05) is 13.1 Å². The molecule has 0 N–H and O–H groups in total. The second kappa shape index (κ2) is 5.23. The van der Waals surface area contributed by atoms with Crippen molar-refractivity contribution in [1.82, 2.24) is 9.88 Å². The summed E-state index contributed by atoms with van der Waals surface area (Å²) in [7, 11) is 0. The van der Waals surface area contributed by atoms with E-state index in [-0.39, 0.29) is 5.91 Å². The number of furan rings is 1. The average Bonchev–Trinajstić information content (AvgIpc) is 3.19. The Hall–Kier alpha value is -1.62. The van der Waals surface area contributed by atoms with Gasteiger partial charge in [-0.05, 0) is 50.7 Å². The molecular formula is C17H20N2O2S. The predicted octanol–water partition coefficient (Wildman–Crippen LogP) is 3.89. The molecule has 2 fully saturated rings. The molecule has 1 aliphatic heterocycles. The summed E-state index contributed by atoms with van der Waals surface area (Å²) in [6.45, 7) is 5.69. The summed E-state index contributed by atoms with van der Waals surface area (Å²) in [6.07, 6.45) is 3.90. The zero-order chi connectivity index (χ0) is 15.3. The standard InChI is InChI=1S/C17H20N2O2S/c1-10-6-7-14(21-10)16-18-11(2)15(22-16)17(20)19-8-12-4-3-5-13(12)9-19/h6-7,12-13H,3-5,8-9H2,1-2H3/t12-,13-/m0/s1. The Balaban J connectivity index is 1.57. The van der Waals surface area contributed by atoms with E-state index in [1.54, 1.807) is 0 Å². The highest BCUT2D eigenvalue weighted by atomic mass is 32.1. The van der Waals surface area contributed by atoms with Gasteiger partial charge >= 0.3 is 0 Å². The second-order valence-electron chi connectivity index (χ2n) is 6.51. The molecule has 1 saturated carbocycles. The molecule has 2 aromatic rings. The van der Waals surface area contributed by atoms with E-state index in [2.05, 4.69) is 4.98 Å². The van der Waals surface area contributed by atoms with Gasteiger partial charge < -0.3 is 9.32 Å². The van der Waals surface area contributed by atoms with Crippen LogP contribution in [0, 0.1) is 25.7 Å². The lowest BCUT2D eigenvalue weighted by Crippen LogP contribution is -2.29. The molecule has 2 aliphatic rings. The molecule has 4 rings (SSSR count). The molecule has 3 heterocycles. The van der Waals surface area contributed by atoms with Crippen LogP contribution >= 0.6 is 11.3 Å². The zero-order valence-corrected chi connectivity index (χ0v) is 13.8. The molecule has 0 radical (unpaired) electrons. The average molecular weight is 316 g/mol. The van der Waals surface area contributed by atoms with Crippen LogP contribution in [-0.2, 0) is 0 Å². The normalized spacial score (nSPS) is 24.0. The Bertz CT molecular complexity index is 706. The van der Waals surface area contributed by atoms with Crippen LogP contribution in [0.4, 0.5) is 0 Å². The van der Waals surface area contributed by atoms with Crippen LogP contribution in [0.3, 0.4) is 0 Å². The van der Waals surface area contributed by atoms with Gasteiger partial charge in [-0.25, -0.2) is 4.98 Å². The third-order valence-electron chi connectivity index (χ3n) is 4.96. The van der Waals surface area contributed by atoms with E-state index in [0.717, 1.165) is 52.0 Å². The Kier molecular flexibility index (Phi) is 3.33. The maximum absolute atomic E-state index is 12.8. The number of carbonyl (C=O) groups is 1. The van der Waals surface area contributed by atoms with Crippen molar-refractivity contribution in [2.75, 3.05) is 13.1 Å². The molecule has 2 atom stereocenters. The van der Waals surface area contributed by atoms with E-state index in [4.69, 9.17) is 4.42 Å². The largest absolute Gasteiger partial charge is 0.459 e. The van der Waals surface area contributed by atoms with Gasteiger partial charge in [-0.15, -0.1) is 11.3 Å². The Morgan fingerprint density at radius 1 is 1.27 bits per heavy atom. The van der Waals surface area contributed by atoms with Gasteiger partial charge in [0.2, 0.25) is 0 Å². The van der Waals surface area contributed by atoms with Crippen LogP contribution in [0.25, 0.3) is 10.8 Å². The lowest BCUT2D eigenvalue weighted by atomic mass is 10.0. The number of fused-ring (bicyclic) bond motifs is 1. The van der Waals surface area contributed by atoms with Crippen LogP contribution in [0.5, 0.6) is 0 Å². The molecule has 4 nitrogen and oxygen atoms in total. The first kappa shape index (κ1) is 14.0. The van der Waals surface area contributed by atoms with Gasteiger partial charge in [0.25, 0.3) is 5.91 Å². The Labute approximate surface area is 134 Å². The number of hydrogen-bond acceptors (Lipinski definition) is 4. The maximum Gasteiger partial charge on any atom is 0.265 e. The summed E-state index contributed by atoms with van der Waals surface area (Å²) in [4.78, 5) is 20.2. The summed E-state index contributed by atoms with van der Waals surface area (Å²) in [5.74, 6) is 3.22. The van der Waals surface area contributed by atoms with Gasteiger partial charge in [-0.2, -0.15) is 0 Å².